The van der Waals surface area contributed by atoms with E-state index in [1.807, 2.05) is 36.4 Å². The Hall–Kier alpha value is -2.48. The fourth-order valence-electron chi connectivity index (χ4n) is 3.90. The third-order valence-corrected chi connectivity index (χ3v) is 7.58. The van der Waals surface area contributed by atoms with E-state index in [9.17, 15) is 9.18 Å². The lowest BCUT2D eigenvalue weighted by molar-refractivity contribution is -0.895. The summed E-state index contributed by atoms with van der Waals surface area (Å²) in [6.07, 6.45) is 0.897. The first-order chi connectivity index (χ1) is 14.6. The summed E-state index contributed by atoms with van der Waals surface area (Å²) in [5.74, 6) is 0.174. The highest BCUT2D eigenvalue weighted by Gasteiger charge is 2.26. The van der Waals surface area contributed by atoms with E-state index in [0.29, 0.717) is 16.5 Å². The molecule has 4 aromatic rings. The minimum Gasteiger partial charge on any atom is -0.333 e. The quantitative estimate of drug-likeness (QED) is 0.392. The van der Waals surface area contributed by atoms with Gasteiger partial charge in [0.05, 0.1) is 29.5 Å². The molecule has 0 fully saturated rings. The van der Waals surface area contributed by atoms with Crippen LogP contribution in [0.2, 0.25) is 0 Å². The second kappa shape index (κ2) is 7.98. The monoisotopic (exact) mass is 438 g/mol. The van der Waals surface area contributed by atoms with Gasteiger partial charge in [-0.2, -0.15) is 0 Å². The van der Waals surface area contributed by atoms with Crippen molar-refractivity contribution >= 4 is 33.3 Å². The Labute approximate surface area is 182 Å². The molecule has 0 aliphatic carbocycles. The van der Waals surface area contributed by atoms with Gasteiger partial charge in [-0.25, -0.2) is 9.37 Å². The number of benzene rings is 2. The van der Waals surface area contributed by atoms with Crippen molar-refractivity contribution in [3.8, 4) is 5.69 Å². The van der Waals surface area contributed by atoms with Crippen LogP contribution in [0.5, 0.6) is 0 Å². The molecule has 2 aromatic carbocycles. The molecule has 0 saturated heterocycles. The molecular weight excluding hydrogens is 417 g/mol. The Morgan fingerprint density at radius 2 is 1.93 bits per heavy atom. The Morgan fingerprint density at radius 1 is 1.17 bits per heavy atom. The van der Waals surface area contributed by atoms with E-state index in [0.717, 1.165) is 41.0 Å². The van der Waals surface area contributed by atoms with Gasteiger partial charge in [0.15, 0.2) is 5.16 Å². The van der Waals surface area contributed by atoms with Crippen molar-refractivity contribution in [2.45, 2.75) is 23.9 Å². The number of halogens is 1. The molecule has 152 valence electrons. The fourth-order valence-corrected chi connectivity index (χ4v) is 6.27. The number of hydrogen-bond acceptors (Lipinski definition) is 4. The lowest BCUT2D eigenvalue weighted by Gasteiger charge is -2.19. The van der Waals surface area contributed by atoms with Crippen LogP contribution in [0.4, 0.5) is 4.39 Å². The molecule has 0 bridgehead atoms. The summed E-state index contributed by atoms with van der Waals surface area (Å²) in [4.78, 5) is 22.1. The second-order valence-electron chi connectivity index (χ2n) is 7.57. The van der Waals surface area contributed by atoms with Gasteiger partial charge in [0, 0.05) is 12.2 Å². The molecule has 7 heteroatoms. The van der Waals surface area contributed by atoms with Crippen LogP contribution < -0.4 is 10.5 Å². The van der Waals surface area contributed by atoms with Gasteiger partial charge in [0.25, 0.3) is 5.56 Å². The molecular formula is C23H21FN3OS2+. The molecule has 0 amide bonds. The number of likely N-dealkylation sites (N-methyl/N-ethyl adjacent to an activating group) is 1. The van der Waals surface area contributed by atoms with Crippen molar-refractivity contribution in [2.24, 2.45) is 0 Å². The first-order valence-corrected chi connectivity index (χ1v) is 11.7. The number of nitrogens with zero attached hydrogens (tertiary/aromatic N) is 2. The van der Waals surface area contributed by atoms with Crippen LogP contribution in [0.3, 0.4) is 0 Å². The number of para-hydroxylation sites is 1. The van der Waals surface area contributed by atoms with E-state index in [1.54, 1.807) is 28.0 Å². The summed E-state index contributed by atoms with van der Waals surface area (Å²) < 4.78 is 15.8. The molecule has 3 heterocycles. The van der Waals surface area contributed by atoms with E-state index < -0.39 is 0 Å². The summed E-state index contributed by atoms with van der Waals surface area (Å²) in [5, 5.41) is 1.35. The first kappa shape index (κ1) is 19.5. The normalized spacial score (nSPS) is 16.0. The zero-order valence-electron chi connectivity index (χ0n) is 16.5. The van der Waals surface area contributed by atoms with Gasteiger partial charge >= 0.3 is 0 Å². The maximum absolute atomic E-state index is 14.1. The highest BCUT2D eigenvalue weighted by atomic mass is 32.2. The van der Waals surface area contributed by atoms with Gasteiger partial charge in [-0.1, -0.05) is 48.2 Å². The average molecular weight is 439 g/mol. The van der Waals surface area contributed by atoms with Crippen molar-refractivity contribution in [1.29, 1.82) is 0 Å². The maximum Gasteiger partial charge on any atom is 0.267 e. The smallest absolute Gasteiger partial charge is 0.267 e. The minimum atomic E-state index is -0.239. The highest BCUT2D eigenvalue weighted by molar-refractivity contribution is 7.98. The largest absolute Gasteiger partial charge is 0.333 e. The SMILES string of the molecule is C[NH+]1CCc2c(sc3nc(SCc4ccccc4F)n(-c4ccccc4)c(=O)c23)C1. The van der Waals surface area contributed by atoms with Crippen LogP contribution >= 0.6 is 23.1 Å². The summed E-state index contributed by atoms with van der Waals surface area (Å²) in [6, 6.07) is 16.3. The Kier molecular flexibility index (Phi) is 5.18. The van der Waals surface area contributed by atoms with Gasteiger partial charge in [-0.3, -0.25) is 9.36 Å². The number of quaternary nitrogens is 1. The third kappa shape index (κ3) is 3.47. The molecule has 1 aliphatic rings. The highest BCUT2D eigenvalue weighted by Crippen LogP contribution is 2.32. The predicted molar refractivity (Wildman–Crippen MR) is 120 cm³/mol. The van der Waals surface area contributed by atoms with Gasteiger partial charge in [0.2, 0.25) is 0 Å². The lowest BCUT2D eigenvalue weighted by atomic mass is 10.1. The topological polar surface area (TPSA) is 39.3 Å². The minimum absolute atomic E-state index is 0.0284. The van der Waals surface area contributed by atoms with Crippen molar-refractivity contribution in [1.82, 2.24) is 9.55 Å². The fraction of sp³-hybridized carbons (Fsp3) is 0.217. The summed E-state index contributed by atoms with van der Waals surface area (Å²) in [5.41, 5.74) is 2.52. The second-order valence-corrected chi connectivity index (χ2v) is 9.59. The summed E-state index contributed by atoms with van der Waals surface area (Å²) >= 11 is 3.03. The number of hydrogen-bond donors (Lipinski definition) is 1. The molecule has 1 unspecified atom stereocenters. The molecule has 1 N–H and O–H groups in total. The number of aromatic nitrogens is 2. The molecule has 2 aromatic heterocycles. The average Bonchev–Trinajstić information content (AvgIpc) is 3.11. The summed E-state index contributed by atoms with van der Waals surface area (Å²) in [7, 11) is 2.18. The Morgan fingerprint density at radius 3 is 2.73 bits per heavy atom. The number of thiophene rings is 1. The standard InChI is InChI=1S/C23H20FN3OS2/c1-26-12-11-17-19(13-26)30-21-20(17)22(28)27(16-8-3-2-4-9-16)23(25-21)29-14-15-7-5-6-10-18(15)24/h2-10H,11-14H2,1H3/p+1. The molecule has 4 nitrogen and oxygen atoms in total. The van der Waals surface area contributed by atoms with Gasteiger partial charge in [-0.15, -0.1) is 11.3 Å². The molecule has 0 radical (unpaired) electrons. The Balaban J connectivity index is 1.67. The number of thioether (sulfide) groups is 1. The summed E-state index contributed by atoms with van der Waals surface area (Å²) in [6.45, 7) is 1.95. The van der Waals surface area contributed by atoms with Crippen molar-refractivity contribution in [3.05, 3.63) is 86.8 Å². The van der Waals surface area contributed by atoms with Gasteiger partial charge < -0.3 is 4.90 Å². The van der Waals surface area contributed by atoms with E-state index >= 15 is 0 Å². The van der Waals surface area contributed by atoms with Crippen LogP contribution in [0.15, 0.2) is 64.5 Å². The molecule has 5 rings (SSSR count). The first-order valence-electron chi connectivity index (χ1n) is 9.92. The number of fused-ring (bicyclic) bond motifs is 3. The zero-order valence-corrected chi connectivity index (χ0v) is 18.2. The molecule has 30 heavy (non-hydrogen) atoms. The molecule has 0 spiro atoms. The van der Waals surface area contributed by atoms with Crippen molar-refractivity contribution < 1.29 is 9.29 Å². The number of nitrogens with one attached hydrogen (secondary N) is 1. The van der Waals surface area contributed by atoms with E-state index in [4.69, 9.17) is 4.98 Å². The van der Waals surface area contributed by atoms with Crippen LogP contribution in [-0.2, 0) is 18.7 Å². The zero-order chi connectivity index (χ0) is 20.7. The van der Waals surface area contributed by atoms with E-state index in [1.165, 1.54) is 27.6 Å². The Bertz CT molecular complexity index is 1280. The van der Waals surface area contributed by atoms with Crippen LogP contribution in [-0.4, -0.2) is 23.1 Å². The van der Waals surface area contributed by atoms with Gasteiger partial charge in [-0.05, 0) is 29.3 Å². The molecule has 1 aliphatic heterocycles. The lowest BCUT2D eigenvalue weighted by Crippen LogP contribution is -3.08. The number of rotatable bonds is 4. The van der Waals surface area contributed by atoms with Crippen LogP contribution in [0.25, 0.3) is 15.9 Å². The van der Waals surface area contributed by atoms with E-state index in [2.05, 4.69) is 7.05 Å². The van der Waals surface area contributed by atoms with Gasteiger partial charge in [0.1, 0.15) is 17.2 Å². The third-order valence-electron chi connectivity index (χ3n) is 5.47. The predicted octanol–water partition coefficient (Wildman–Crippen LogP) is 3.45. The van der Waals surface area contributed by atoms with E-state index in [-0.39, 0.29) is 11.4 Å². The van der Waals surface area contributed by atoms with Crippen LogP contribution in [0.1, 0.15) is 16.0 Å². The molecule has 1 atom stereocenters. The molecule has 0 saturated carbocycles. The maximum atomic E-state index is 14.1. The van der Waals surface area contributed by atoms with Crippen molar-refractivity contribution in [3.63, 3.8) is 0 Å². The van der Waals surface area contributed by atoms with Crippen LogP contribution in [0, 0.1) is 5.82 Å². The van der Waals surface area contributed by atoms with Crippen molar-refractivity contribution in [2.75, 3.05) is 13.6 Å².